The van der Waals surface area contributed by atoms with Gasteiger partial charge in [-0.25, -0.2) is 0 Å². The van der Waals surface area contributed by atoms with Gasteiger partial charge in [-0.3, -0.25) is 4.79 Å². The third-order valence-electron chi connectivity index (χ3n) is 2.82. The number of rotatable bonds is 4. The Morgan fingerprint density at radius 1 is 1.47 bits per heavy atom. The molecule has 4 nitrogen and oxygen atoms in total. The minimum Gasteiger partial charge on any atom is -0.465 e. The third-order valence-corrected chi connectivity index (χ3v) is 2.82. The van der Waals surface area contributed by atoms with Crippen LogP contribution in [0.25, 0.3) is 0 Å². The van der Waals surface area contributed by atoms with Gasteiger partial charge in [0, 0.05) is 6.04 Å². The molecule has 0 radical (unpaired) electrons. The minimum absolute atomic E-state index is 0.152. The summed E-state index contributed by atoms with van der Waals surface area (Å²) in [5.41, 5.74) is 0. The molecule has 88 valence electrons. The molecule has 1 unspecified atom stereocenters. The van der Waals surface area contributed by atoms with Gasteiger partial charge in [0.1, 0.15) is 6.04 Å². The van der Waals surface area contributed by atoms with Gasteiger partial charge in [-0.2, -0.15) is 0 Å². The zero-order valence-corrected chi connectivity index (χ0v) is 9.53. The van der Waals surface area contributed by atoms with Gasteiger partial charge in [0.25, 0.3) is 0 Å². The highest BCUT2D eigenvalue weighted by molar-refractivity contribution is 5.75. The fourth-order valence-corrected chi connectivity index (χ4v) is 1.93. The zero-order valence-electron chi connectivity index (χ0n) is 9.53. The highest BCUT2D eigenvalue weighted by Crippen LogP contribution is 2.18. The number of aliphatic hydroxyl groups excluding tert-OH is 1. The highest BCUT2D eigenvalue weighted by atomic mass is 16.5. The molecule has 0 aliphatic heterocycles. The number of carbonyl (C=O) groups excluding carboxylic acids is 1. The van der Waals surface area contributed by atoms with Gasteiger partial charge < -0.3 is 15.2 Å². The molecule has 0 aromatic rings. The number of esters is 1. The van der Waals surface area contributed by atoms with Crippen LogP contribution in [0.5, 0.6) is 0 Å². The molecule has 1 aliphatic rings. The van der Waals surface area contributed by atoms with E-state index in [9.17, 15) is 9.90 Å². The van der Waals surface area contributed by atoms with Crippen LogP contribution < -0.4 is 5.32 Å². The second-order valence-corrected chi connectivity index (χ2v) is 4.15. The smallest absolute Gasteiger partial charge is 0.322 e. The quantitative estimate of drug-likeness (QED) is 0.682. The van der Waals surface area contributed by atoms with Crippen LogP contribution in [0.4, 0.5) is 0 Å². The van der Waals surface area contributed by atoms with Gasteiger partial charge in [-0.05, 0) is 39.5 Å². The monoisotopic (exact) mass is 215 g/mol. The van der Waals surface area contributed by atoms with Crippen molar-refractivity contribution in [2.75, 3.05) is 6.61 Å². The maximum atomic E-state index is 11.3. The van der Waals surface area contributed by atoms with Crippen LogP contribution >= 0.6 is 0 Å². The minimum atomic E-state index is -0.245. The Labute approximate surface area is 91.0 Å². The molecule has 4 heteroatoms. The molecule has 15 heavy (non-hydrogen) atoms. The number of hydrogen-bond donors (Lipinski definition) is 2. The topological polar surface area (TPSA) is 58.6 Å². The van der Waals surface area contributed by atoms with Crippen LogP contribution in [0.2, 0.25) is 0 Å². The fourth-order valence-electron chi connectivity index (χ4n) is 1.93. The average Bonchev–Trinajstić information content (AvgIpc) is 2.22. The fraction of sp³-hybridized carbons (Fsp3) is 0.909. The lowest BCUT2D eigenvalue weighted by molar-refractivity contribution is -0.145. The summed E-state index contributed by atoms with van der Waals surface area (Å²) in [5, 5.41) is 12.6. The molecule has 1 saturated carbocycles. The van der Waals surface area contributed by atoms with Crippen molar-refractivity contribution >= 4 is 5.97 Å². The molecule has 0 aromatic carbocycles. The van der Waals surface area contributed by atoms with Gasteiger partial charge in [0.2, 0.25) is 0 Å². The second-order valence-electron chi connectivity index (χ2n) is 4.15. The number of hydrogen-bond acceptors (Lipinski definition) is 4. The SMILES string of the molecule is CCOC(=O)C(C)NC1CCC(O)CC1. The molecular formula is C11H21NO3. The van der Waals surface area contributed by atoms with Crippen molar-refractivity contribution in [2.45, 2.75) is 57.7 Å². The van der Waals surface area contributed by atoms with Crippen molar-refractivity contribution < 1.29 is 14.6 Å². The molecule has 1 atom stereocenters. The number of carbonyl (C=O) groups is 1. The van der Waals surface area contributed by atoms with Crippen LogP contribution in [0.1, 0.15) is 39.5 Å². The second kappa shape index (κ2) is 6.08. The van der Waals surface area contributed by atoms with Crippen LogP contribution in [0.15, 0.2) is 0 Å². The lowest BCUT2D eigenvalue weighted by Gasteiger charge is -2.28. The van der Waals surface area contributed by atoms with Crippen molar-refractivity contribution in [3.05, 3.63) is 0 Å². The van der Waals surface area contributed by atoms with E-state index < -0.39 is 0 Å². The Morgan fingerprint density at radius 2 is 2.07 bits per heavy atom. The lowest BCUT2D eigenvalue weighted by atomic mass is 9.93. The van der Waals surface area contributed by atoms with E-state index in [4.69, 9.17) is 4.74 Å². The van der Waals surface area contributed by atoms with E-state index in [2.05, 4.69) is 5.32 Å². The van der Waals surface area contributed by atoms with Crippen LogP contribution in [0, 0.1) is 0 Å². The van der Waals surface area contributed by atoms with E-state index in [0.29, 0.717) is 12.6 Å². The van der Waals surface area contributed by atoms with Gasteiger partial charge >= 0.3 is 5.97 Å². The van der Waals surface area contributed by atoms with E-state index in [-0.39, 0.29) is 18.1 Å². The molecule has 1 aliphatic carbocycles. The summed E-state index contributed by atoms with van der Waals surface area (Å²) in [6, 6.07) is 0.0954. The highest BCUT2D eigenvalue weighted by Gasteiger charge is 2.23. The van der Waals surface area contributed by atoms with Crippen molar-refractivity contribution in [3.8, 4) is 0 Å². The predicted molar refractivity (Wildman–Crippen MR) is 57.5 cm³/mol. The van der Waals surface area contributed by atoms with Crippen LogP contribution in [-0.2, 0) is 9.53 Å². The van der Waals surface area contributed by atoms with Crippen LogP contribution in [0.3, 0.4) is 0 Å². The molecule has 0 spiro atoms. The molecular weight excluding hydrogens is 194 g/mol. The number of nitrogens with one attached hydrogen (secondary N) is 1. The molecule has 0 bridgehead atoms. The van der Waals surface area contributed by atoms with Crippen molar-refractivity contribution in [2.24, 2.45) is 0 Å². The van der Waals surface area contributed by atoms with Crippen molar-refractivity contribution in [3.63, 3.8) is 0 Å². The Kier molecular flexibility index (Phi) is 5.05. The summed E-state index contributed by atoms with van der Waals surface area (Å²) in [6.45, 7) is 4.05. The molecule has 1 rings (SSSR count). The van der Waals surface area contributed by atoms with E-state index in [0.717, 1.165) is 25.7 Å². The van der Waals surface area contributed by atoms with E-state index in [1.54, 1.807) is 0 Å². The first-order valence-corrected chi connectivity index (χ1v) is 5.74. The predicted octanol–water partition coefficient (Wildman–Crippen LogP) is 0.831. The average molecular weight is 215 g/mol. The first-order valence-electron chi connectivity index (χ1n) is 5.74. The first kappa shape index (κ1) is 12.5. The first-order chi connectivity index (χ1) is 7.13. The Balaban J connectivity index is 2.25. The van der Waals surface area contributed by atoms with Crippen LogP contribution in [-0.4, -0.2) is 35.9 Å². The number of aliphatic hydroxyl groups is 1. The number of ether oxygens (including phenoxy) is 1. The van der Waals surface area contributed by atoms with Gasteiger partial charge in [-0.15, -0.1) is 0 Å². The summed E-state index contributed by atoms with van der Waals surface area (Å²) < 4.78 is 4.92. The van der Waals surface area contributed by atoms with Crippen molar-refractivity contribution in [1.29, 1.82) is 0 Å². The van der Waals surface area contributed by atoms with E-state index in [1.807, 2.05) is 13.8 Å². The Hall–Kier alpha value is -0.610. The normalized spacial score (nSPS) is 28.5. The Bertz CT molecular complexity index is 200. The maximum Gasteiger partial charge on any atom is 0.322 e. The molecule has 1 fully saturated rings. The molecule has 0 heterocycles. The summed E-state index contributed by atoms with van der Waals surface area (Å²) in [6.07, 6.45) is 3.37. The summed E-state index contributed by atoms with van der Waals surface area (Å²) in [4.78, 5) is 11.3. The summed E-state index contributed by atoms with van der Waals surface area (Å²) >= 11 is 0. The Morgan fingerprint density at radius 3 is 2.60 bits per heavy atom. The van der Waals surface area contributed by atoms with Crippen molar-refractivity contribution in [1.82, 2.24) is 5.32 Å². The zero-order chi connectivity index (χ0) is 11.3. The van der Waals surface area contributed by atoms with E-state index >= 15 is 0 Å². The third kappa shape index (κ3) is 4.18. The molecule has 0 saturated heterocycles. The molecule has 0 amide bonds. The largest absolute Gasteiger partial charge is 0.465 e. The summed E-state index contributed by atoms with van der Waals surface area (Å²) in [5.74, 6) is -0.191. The van der Waals surface area contributed by atoms with Gasteiger partial charge in [0.15, 0.2) is 0 Å². The standard InChI is InChI=1S/C11H21NO3/c1-3-15-11(14)8(2)12-9-4-6-10(13)7-5-9/h8-10,12-13H,3-7H2,1-2H3. The van der Waals surface area contributed by atoms with Gasteiger partial charge in [0.05, 0.1) is 12.7 Å². The maximum absolute atomic E-state index is 11.3. The molecule has 0 aromatic heterocycles. The molecule has 2 N–H and O–H groups in total. The lowest BCUT2D eigenvalue weighted by Crippen LogP contribution is -2.44. The summed E-state index contributed by atoms with van der Waals surface area (Å²) in [7, 11) is 0. The van der Waals surface area contributed by atoms with Gasteiger partial charge in [-0.1, -0.05) is 0 Å². The van der Waals surface area contributed by atoms with E-state index in [1.165, 1.54) is 0 Å².